The van der Waals surface area contributed by atoms with E-state index in [0.717, 1.165) is 18.9 Å². The van der Waals surface area contributed by atoms with Crippen molar-refractivity contribution in [3.63, 3.8) is 0 Å². The third-order valence-corrected chi connectivity index (χ3v) is 3.60. The number of carbonyl (C=O) groups excluding carboxylic acids is 1. The van der Waals surface area contributed by atoms with Gasteiger partial charge in [0.2, 0.25) is 11.7 Å². The average molecular weight is 295 g/mol. The van der Waals surface area contributed by atoms with Crippen LogP contribution in [0.1, 0.15) is 26.2 Å². The summed E-state index contributed by atoms with van der Waals surface area (Å²) in [4.78, 5) is 23.6. The average Bonchev–Trinajstić information content (AvgIpc) is 2.46. The number of nitro benzene ring substituents is 1. The first-order valence-electron chi connectivity index (χ1n) is 7.00. The first-order chi connectivity index (χ1) is 10.0. The zero-order valence-corrected chi connectivity index (χ0v) is 11.8. The Labute approximate surface area is 122 Å². The predicted molar refractivity (Wildman–Crippen MR) is 76.7 cm³/mol. The molecule has 114 valence electrons. The lowest BCUT2D eigenvalue weighted by Crippen LogP contribution is -2.47. The zero-order valence-electron chi connectivity index (χ0n) is 11.8. The lowest BCUT2D eigenvalue weighted by molar-refractivity contribution is -0.386. The number of halogens is 1. The molecule has 21 heavy (non-hydrogen) atoms. The molecule has 0 spiro atoms. The number of nitro groups is 1. The Balaban J connectivity index is 2.20. The van der Waals surface area contributed by atoms with Crippen LogP contribution in [0, 0.1) is 15.9 Å². The van der Waals surface area contributed by atoms with Crippen molar-refractivity contribution in [1.82, 2.24) is 5.32 Å². The minimum Gasteiger partial charge on any atom is -0.364 e. The standard InChI is InChI=1S/C14H18FN3O3/c1-2-13(19)16-10-5-4-8-17(9-10)12-7-3-6-11(15)14(12)18(20)21/h3,6-7,10H,2,4-5,8-9H2,1H3,(H,16,19). The van der Waals surface area contributed by atoms with Crippen molar-refractivity contribution in [2.75, 3.05) is 18.0 Å². The highest BCUT2D eigenvalue weighted by Gasteiger charge is 2.28. The van der Waals surface area contributed by atoms with E-state index in [1.54, 1.807) is 17.9 Å². The summed E-state index contributed by atoms with van der Waals surface area (Å²) in [5, 5.41) is 13.9. The van der Waals surface area contributed by atoms with Crippen LogP contribution in [-0.2, 0) is 4.79 Å². The number of hydrogen-bond acceptors (Lipinski definition) is 4. The van der Waals surface area contributed by atoms with Gasteiger partial charge in [-0.15, -0.1) is 0 Å². The molecule has 1 atom stereocenters. The van der Waals surface area contributed by atoms with Gasteiger partial charge in [0, 0.05) is 25.6 Å². The van der Waals surface area contributed by atoms with Gasteiger partial charge >= 0.3 is 5.69 Å². The SMILES string of the molecule is CCC(=O)NC1CCCN(c2cccc(F)c2[N+](=O)[O-])C1. The minimum atomic E-state index is -0.836. The first-order valence-corrected chi connectivity index (χ1v) is 7.00. The number of para-hydroxylation sites is 1. The number of rotatable bonds is 4. The van der Waals surface area contributed by atoms with Gasteiger partial charge in [-0.2, -0.15) is 4.39 Å². The summed E-state index contributed by atoms with van der Waals surface area (Å²) in [7, 11) is 0. The van der Waals surface area contributed by atoms with Gasteiger partial charge in [0.1, 0.15) is 5.69 Å². The lowest BCUT2D eigenvalue weighted by Gasteiger charge is -2.34. The summed E-state index contributed by atoms with van der Waals surface area (Å²) in [5.74, 6) is -0.882. The number of carbonyl (C=O) groups is 1. The molecule has 1 aliphatic rings. The molecular formula is C14H18FN3O3. The van der Waals surface area contributed by atoms with Crippen molar-refractivity contribution in [3.05, 3.63) is 34.1 Å². The molecule has 0 saturated carbocycles. The molecule has 0 bridgehead atoms. The quantitative estimate of drug-likeness (QED) is 0.682. The van der Waals surface area contributed by atoms with Gasteiger partial charge in [0.25, 0.3) is 0 Å². The van der Waals surface area contributed by atoms with E-state index >= 15 is 0 Å². The fourth-order valence-electron chi connectivity index (χ4n) is 2.58. The first kappa shape index (κ1) is 15.2. The van der Waals surface area contributed by atoms with Crippen LogP contribution in [0.4, 0.5) is 15.8 Å². The summed E-state index contributed by atoms with van der Waals surface area (Å²) in [6.45, 7) is 2.84. The molecule has 1 aliphatic heterocycles. The van der Waals surface area contributed by atoms with Gasteiger partial charge in [-0.05, 0) is 25.0 Å². The Hall–Kier alpha value is -2.18. The van der Waals surface area contributed by atoms with Crippen LogP contribution in [0.5, 0.6) is 0 Å². The molecule has 1 aromatic rings. The maximum atomic E-state index is 13.7. The van der Waals surface area contributed by atoms with E-state index in [0.29, 0.717) is 19.5 Å². The Kier molecular flexibility index (Phi) is 4.72. The van der Waals surface area contributed by atoms with E-state index in [1.807, 2.05) is 0 Å². The fraction of sp³-hybridized carbons (Fsp3) is 0.500. The summed E-state index contributed by atoms with van der Waals surface area (Å²) in [6, 6.07) is 4.04. The van der Waals surface area contributed by atoms with Gasteiger partial charge in [0.15, 0.2) is 0 Å². The molecular weight excluding hydrogens is 277 g/mol. The van der Waals surface area contributed by atoms with Gasteiger partial charge in [-0.25, -0.2) is 0 Å². The summed E-state index contributed by atoms with van der Waals surface area (Å²) < 4.78 is 13.7. The fourth-order valence-corrected chi connectivity index (χ4v) is 2.58. The number of nitrogens with zero attached hydrogens (tertiary/aromatic N) is 2. The molecule has 7 heteroatoms. The highest BCUT2D eigenvalue weighted by atomic mass is 19.1. The normalized spacial score (nSPS) is 18.4. The number of amides is 1. The lowest BCUT2D eigenvalue weighted by atomic mass is 10.0. The largest absolute Gasteiger partial charge is 0.364 e. The van der Waals surface area contributed by atoms with Gasteiger partial charge < -0.3 is 10.2 Å². The van der Waals surface area contributed by atoms with Gasteiger partial charge in [0.05, 0.1) is 4.92 Å². The number of benzene rings is 1. The highest BCUT2D eigenvalue weighted by Crippen LogP contribution is 2.32. The Morgan fingerprint density at radius 2 is 2.33 bits per heavy atom. The maximum absolute atomic E-state index is 13.7. The summed E-state index contributed by atoms with van der Waals surface area (Å²) in [5.41, 5.74) is -0.226. The zero-order chi connectivity index (χ0) is 15.4. The van der Waals surface area contributed by atoms with Crippen molar-refractivity contribution in [1.29, 1.82) is 0 Å². The Morgan fingerprint density at radius 3 is 3.00 bits per heavy atom. The number of nitrogens with one attached hydrogen (secondary N) is 1. The molecule has 1 N–H and O–H groups in total. The van der Waals surface area contributed by atoms with E-state index in [4.69, 9.17) is 0 Å². The van der Waals surface area contributed by atoms with Crippen molar-refractivity contribution >= 4 is 17.3 Å². The third kappa shape index (κ3) is 3.48. The second-order valence-electron chi connectivity index (χ2n) is 5.07. The van der Waals surface area contributed by atoms with Crippen molar-refractivity contribution in [2.24, 2.45) is 0 Å². The molecule has 0 radical (unpaired) electrons. The molecule has 6 nitrogen and oxygen atoms in total. The minimum absolute atomic E-state index is 0.0457. The molecule has 0 aromatic heterocycles. The smallest absolute Gasteiger partial charge is 0.327 e. The van der Waals surface area contributed by atoms with E-state index in [-0.39, 0.29) is 17.6 Å². The predicted octanol–water partition coefficient (Wildman–Crippen LogP) is 2.23. The van der Waals surface area contributed by atoms with Gasteiger partial charge in [-0.3, -0.25) is 14.9 Å². The van der Waals surface area contributed by atoms with Crippen LogP contribution in [0.15, 0.2) is 18.2 Å². The van der Waals surface area contributed by atoms with Crippen LogP contribution in [-0.4, -0.2) is 30.0 Å². The maximum Gasteiger partial charge on any atom is 0.327 e. The molecule has 1 unspecified atom stereocenters. The Morgan fingerprint density at radius 1 is 1.57 bits per heavy atom. The van der Waals surface area contributed by atoms with Crippen molar-refractivity contribution in [2.45, 2.75) is 32.2 Å². The topological polar surface area (TPSA) is 75.5 Å². The van der Waals surface area contributed by atoms with Gasteiger partial charge in [-0.1, -0.05) is 13.0 Å². The molecule has 1 amide bonds. The van der Waals surface area contributed by atoms with E-state index in [9.17, 15) is 19.3 Å². The van der Waals surface area contributed by atoms with E-state index in [2.05, 4.69) is 5.32 Å². The van der Waals surface area contributed by atoms with Crippen LogP contribution in [0.25, 0.3) is 0 Å². The second kappa shape index (κ2) is 6.51. The molecule has 1 fully saturated rings. The number of anilines is 1. The molecule has 2 rings (SSSR count). The summed E-state index contributed by atoms with van der Waals surface area (Å²) >= 11 is 0. The Bertz CT molecular complexity index is 550. The van der Waals surface area contributed by atoms with E-state index in [1.165, 1.54) is 6.07 Å². The van der Waals surface area contributed by atoms with Crippen LogP contribution >= 0.6 is 0 Å². The summed E-state index contributed by atoms with van der Waals surface area (Å²) in [6.07, 6.45) is 2.02. The highest BCUT2D eigenvalue weighted by molar-refractivity contribution is 5.76. The van der Waals surface area contributed by atoms with Crippen molar-refractivity contribution in [3.8, 4) is 0 Å². The van der Waals surface area contributed by atoms with E-state index < -0.39 is 16.4 Å². The number of piperidine rings is 1. The monoisotopic (exact) mass is 295 g/mol. The van der Waals surface area contributed by atoms with Crippen molar-refractivity contribution < 1.29 is 14.1 Å². The molecule has 1 saturated heterocycles. The molecule has 0 aliphatic carbocycles. The molecule has 1 aromatic carbocycles. The van der Waals surface area contributed by atoms with Crippen LogP contribution in [0.3, 0.4) is 0 Å². The van der Waals surface area contributed by atoms with Crippen LogP contribution in [0.2, 0.25) is 0 Å². The number of hydrogen-bond donors (Lipinski definition) is 1. The second-order valence-corrected chi connectivity index (χ2v) is 5.07. The van der Waals surface area contributed by atoms with Crippen LogP contribution < -0.4 is 10.2 Å². The molecule has 1 heterocycles. The third-order valence-electron chi connectivity index (χ3n) is 3.60.